The van der Waals surface area contributed by atoms with Crippen LogP contribution in [0.4, 0.5) is 13.2 Å². The van der Waals surface area contributed by atoms with Crippen molar-refractivity contribution in [2.45, 2.75) is 6.36 Å². The first-order valence-electron chi connectivity index (χ1n) is 4.54. The Hall–Kier alpha value is -1.91. The number of hydrogen-bond acceptors (Lipinski definition) is 1. The van der Waals surface area contributed by atoms with Gasteiger partial charge in [-0.15, -0.1) is 13.2 Å². The Morgan fingerprint density at radius 1 is 1.06 bits per heavy atom. The molecule has 1 aromatic heterocycles. The van der Waals surface area contributed by atoms with Gasteiger partial charge in [0, 0.05) is 17.5 Å². The summed E-state index contributed by atoms with van der Waals surface area (Å²) in [6, 6.07) is 9.35. The van der Waals surface area contributed by atoms with Crippen molar-refractivity contribution in [1.29, 1.82) is 0 Å². The Kier molecular flexibility index (Phi) is 2.60. The minimum atomic E-state index is -4.66. The lowest BCUT2D eigenvalue weighted by Gasteiger charge is -2.09. The maximum absolute atomic E-state index is 12.0. The van der Waals surface area contributed by atoms with Gasteiger partial charge in [0.25, 0.3) is 0 Å². The van der Waals surface area contributed by atoms with E-state index in [2.05, 4.69) is 9.72 Å². The van der Waals surface area contributed by atoms with Gasteiger partial charge < -0.3 is 9.72 Å². The van der Waals surface area contributed by atoms with Gasteiger partial charge in [0.05, 0.1) is 0 Å². The van der Waals surface area contributed by atoms with E-state index in [9.17, 15) is 13.2 Å². The summed E-state index contributed by atoms with van der Waals surface area (Å²) < 4.78 is 39.8. The van der Waals surface area contributed by atoms with Crippen LogP contribution in [0.25, 0.3) is 11.3 Å². The second kappa shape index (κ2) is 3.92. The Labute approximate surface area is 89.7 Å². The van der Waals surface area contributed by atoms with Crippen molar-refractivity contribution in [3.8, 4) is 17.0 Å². The van der Waals surface area contributed by atoms with E-state index in [1.807, 2.05) is 0 Å². The molecule has 0 unspecified atom stereocenters. The molecule has 2 rings (SSSR count). The second-order valence-corrected chi connectivity index (χ2v) is 3.16. The zero-order chi connectivity index (χ0) is 11.6. The van der Waals surface area contributed by atoms with E-state index in [1.54, 1.807) is 24.4 Å². The molecule has 0 fully saturated rings. The van der Waals surface area contributed by atoms with Gasteiger partial charge in [-0.2, -0.15) is 0 Å². The van der Waals surface area contributed by atoms with Crippen LogP contribution in [0.5, 0.6) is 5.75 Å². The number of ether oxygens (including phenoxy) is 1. The number of alkyl halides is 3. The number of hydrogen-bond donors (Lipinski definition) is 1. The monoisotopic (exact) mass is 227 g/mol. The van der Waals surface area contributed by atoms with Crippen LogP contribution < -0.4 is 4.74 Å². The Bertz CT molecular complexity index is 462. The van der Waals surface area contributed by atoms with E-state index in [0.717, 1.165) is 5.69 Å². The smallest absolute Gasteiger partial charge is 0.406 e. The average Bonchev–Trinajstić information content (AvgIpc) is 2.68. The normalized spacial score (nSPS) is 11.4. The molecule has 0 radical (unpaired) electrons. The first-order chi connectivity index (χ1) is 7.54. The summed E-state index contributed by atoms with van der Waals surface area (Å²) >= 11 is 0. The highest BCUT2D eigenvalue weighted by molar-refractivity contribution is 5.61. The summed E-state index contributed by atoms with van der Waals surface area (Å²) in [6.07, 6.45) is -2.96. The predicted molar refractivity (Wildman–Crippen MR) is 52.9 cm³/mol. The number of nitrogens with one attached hydrogen (secondary N) is 1. The molecule has 0 saturated heterocycles. The first-order valence-corrected chi connectivity index (χ1v) is 4.54. The summed E-state index contributed by atoms with van der Waals surface area (Å²) in [4.78, 5) is 2.91. The standard InChI is InChI=1S/C11H8F3NO/c12-11(13,14)16-9-4-1-3-8(7-9)10-5-2-6-15-10/h1-7,15H. The maximum Gasteiger partial charge on any atom is 0.573 e. The lowest BCUT2D eigenvalue weighted by Crippen LogP contribution is -2.17. The average molecular weight is 227 g/mol. The first kappa shape index (κ1) is 10.6. The summed E-state index contributed by atoms with van der Waals surface area (Å²) in [5.41, 5.74) is 1.39. The molecular weight excluding hydrogens is 219 g/mol. The van der Waals surface area contributed by atoms with E-state index in [4.69, 9.17) is 0 Å². The second-order valence-electron chi connectivity index (χ2n) is 3.16. The summed E-state index contributed by atoms with van der Waals surface area (Å²) in [6.45, 7) is 0. The molecule has 0 bridgehead atoms. The van der Waals surface area contributed by atoms with Gasteiger partial charge in [-0.25, -0.2) is 0 Å². The third-order valence-electron chi connectivity index (χ3n) is 1.98. The minimum absolute atomic E-state index is 0.223. The molecule has 1 aromatic carbocycles. The minimum Gasteiger partial charge on any atom is -0.406 e. The highest BCUT2D eigenvalue weighted by Crippen LogP contribution is 2.26. The summed E-state index contributed by atoms with van der Waals surface area (Å²) in [5, 5.41) is 0. The van der Waals surface area contributed by atoms with E-state index in [-0.39, 0.29) is 5.75 Å². The van der Waals surface area contributed by atoms with Crippen molar-refractivity contribution in [1.82, 2.24) is 4.98 Å². The number of benzene rings is 1. The van der Waals surface area contributed by atoms with Crippen LogP contribution in [-0.4, -0.2) is 11.3 Å². The van der Waals surface area contributed by atoms with Crippen molar-refractivity contribution >= 4 is 0 Å². The van der Waals surface area contributed by atoms with Crippen LogP contribution >= 0.6 is 0 Å². The maximum atomic E-state index is 12.0. The van der Waals surface area contributed by atoms with Crippen LogP contribution in [0.2, 0.25) is 0 Å². The van der Waals surface area contributed by atoms with E-state index < -0.39 is 6.36 Å². The fourth-order valence-electron chi connectivity index (χ4n) is 1.37. The molecular formula is C11H8F3NO. The van der Waals surface area contributed by atoms with Crippen LogP contribution in [0.15, 0.2) is 42.6 Å². The molecule has 2 aromatic rings. The molecule has 2 nitrogen and oxygen atoms in total. The van der Waals surface area contributed by atoms with Crippen LogP contribution in [0.1, 0.15) is 0 Å². The fourth-order valence-corrected chi connectivity index (χ4v) is 1.37. The van der Waals surface area contributed by atoms with Gasteiger partial charge in [-0.3, -0.25) is 0 Å². The van der Waals surface area contributed by atoms with Gasteiger partial charge >= 0.3 is 6.36 Å². The number of aromatic nitrogens is 1. The predicted octanol–water partition coefficient (Wildman–Crippen LogP) is 3.58. The van der Waals surface area contributed by atoms with Crippen LogP contribution in [0.3, 0.4) is 0 Å². The van der Waals surface area contributed by atoms with Crippen molar-refractivity contribution in [3.63, 3.8) is 0 Å². The van der Waals surface area contributed by atoms with Crippen LogP contribution in [0, 0.1) is 0 Å². The number of aromatic amines is 1. The number of halogens is 3. The van der Waals surface area contributed by atoms with Gasteiger partial charge in [-0.05, 0) is 24.3 Å². The molecule has 16 heavy (non-hydrogen) atoms. The van der Waals surface area contributed by atoms with E-state index in [1.165, 1.54) is 18.2 Å². The zero-order valence-corrected chi connectivity index (χ0v) is 8.08. The third-order valence-corrected chi connectivity index (χ3v) is 1.98. The molecule has 0 saturated carbocycles. The topological polar surface area (TPSA) is 25.0 Å². The lowest BCUT2D eigenvalue weighted by atomic mass is 10.1. The summed E-state index contributed by atoms with van der Waals surface area (Å²) in [7, 11) is 0. The number of H-pyrrole nitrogens is 1. The molecule has 1 N–H and O–H groups in total. The Morgan fingerprint density at radius 2 is 1.88 bits per heavy atom. The molecule has 5 heteroatoms. The molecule has 0 atom stereocenters. The van der Waals surface area contributed by atoms with Crippen molar-refractivity contribution in [2.75, 3.05) is 0 Å². The van der Waals surface area contributed by atoms with Gasteiger partial charge in [0.1, 0.15) is 5.75 Å². The van der Waals surface area contributed by atoms with Crippen molar-refractivity contribution < 1.29 is 17.9 Å². The number of rotatable bonds is 2. The highest BCUT2D eigenvalue weighted by atomic mass is 19.4. The molecule has 0 aliphatic heterocycles. The lowest BCUT2D eigenvalue weighted by molar-refractivity contribution is -0.274. The Balaban J connectivity index is 2.27. The molecule has 1 heterocycles. The largest absolute Gasteiger partial charge is 0.573 e. The summed E-state index contributed by atoms with van der Waals surface area (Å²) in [5.74, 6) is -0.223. The highest BCUT2D eigenvalue weighted by Gasteiger charge is 2.31. The molecule has 0 aliphatic rings. The van der Waals surface area contributed by atoms with Crippen molar-refractivity contribution in [3.05, 3.63) is 42.6 Å². The molecule has 0 amide bonds. The molecule has 84 valence electrons. The van der Waals surface area contributed by atoms with Crippen LogP contribution in [-0.2, 0) is 0 Å². The zero-order valence-electron chi connectivity index (χ0n) is 8.08. The quantitative estimate of drug-likeness (QED) is 0.833. The van der Waals surface area contributed by atoms with Crippen molar-refractivity contribution in [2.24, 2.45) is 0 Å². The fraction of sp³-hybridized carbons (Fsp3) is 0.0909. The Morgan fingerprint density at radius 3 is 2.50 bits per heavy atom. The van der Waals surface area contributed by atoms with Gasteiger partial charge in [0.2, 0.25) is 0 Å². The molecule has 0 spiro atoms. The molecule has 0 aliphatic carbocycles. The van der Waals surface area contributed by atoms with Gasteiger partial charge in [-0.1, -0.05) is 12.1 Å². The SMILES string of the molecule is FC(F)(F)Oc1cccc(-c2ccc[nH]2)c1. The van der Waals surface area contributed by atoms with Gasteiger partial charge in [0.15, 0.2) is 0 Å². The van der Waals surface area contributed by atoms with E-state index >= 15 is 0 Å². The van der Waals surface area contributed by atoms with E-state index in [0.29, 0.717) is 5.56 Å². The third kappa shape index (κ3) is 2.56.